The Bertz CT molecular complexity index is 474. The Morgan fingerprint density at radius 1 is 1.61 bits per heavy atom. The van der Waals surface area contributed by atoms with E-state index >= 15 is 0 Å². The minimum absolute atomic E-state index is 0.0856. The minimum Gasteiger partial charge on any atom is -0.340 e. The maximum Gasteiger partial charge on any atom is 0.272 e. The van der Waals surface area contributed by atoms with Crippen molar-refractivity contribution in [3.05, 3.63) is 29.6 Å². The molecule has 1 amide bonds. The molecular weight excluding hydrogens is 294 g/mol. The van der Waals surface area contributed by atoms with Crippen LogP contribution in [0.5, 0.6) is 0 Å². The molecule has 0 aliphatic heterocycles. The summed E-state index contributed by atoms with van der Waals surface area (Å²) < 4.78 is 0. The molecule has 1 fully saturated rings. The summed E-state index contributed by atoms with van der Waals surface area (Å²) in [7, 11) is 1.80. The number of hydrogen-bond acceptors (Lipinski definition) is 3. The van der Waals surface area contributed by atoms with Crippen molar-refractivity contribution >= 4 is 21.8 Å². The van der Waals surface area contributed by atoms with Gasteiger partial charge in [0.15, 0.2) is 0 Å². The second-order valence-corrected chi connectivity index (χ2v) is 5.96. The van der Waals surface area contributed by atoms with Crippen LogP contribution >= 0.6 is 15.9 Å². The Morgan fingerprint density at radius 2 is 2.33 bits per heavy atom. The number of pyridine rings is 1. The molecule has 1 heterocycles. The van der Waals surface area contributed by atoms with Gasteiger partial charge < -0.3 is 4.90 Å². The Kier molecular flexibility index (Phi) is 3.97. The van der Waals surface area contributed by atoms with Crippen LogP contribution in [0, 0.1) is 17.2 Å². The zero-order valence-corrected chi connectivity index (χ0v) is 11.7. The second-order valence-electron chi connectivity index (χ2n) is 4.66. The van der Waals surface area contributed by atoms with Gasteiger partial charge in [-0.25, -0.2) is 4.98 Å². The lowest BCUT2D eigenvalue weighted by Gasteiger charge is -2.34. The third-order valence-electron chi connectivity index (χ3n) is 3.17. The third kappa shape index (κ3) is 2.88. The standard InChI is InChI=1S/C13H14BrN3O/c1-17(8-10-4-11(14)5-10)13(18)12-3-2-9(6-15)7-16-12/h2-3,7,10-11H,4-5,8H2,1H3. The highest BCUT2D eigenvalue weighted by atomic mass is 79.9. The van der Waals surface area contributed by atoms with Gasteiger partial charge >= 0.3 is 0 Å². The van der Waals surface area contributed by atoms with Gasteiger partial charge in [0.1, 0.15) is 11.8 Å². The van der Waals surface area contributed by atoms with E-state index in [2.05, 4.69) is 20.9 Å². The van der Waals surface area contributed by atoms with Crippen molar-refractivity contribution in [1.82, 2.24) is 9.88 Å². The van der Waals surface area contributed by atoms with E-state index in [4.69, 9.17) is 5.26 Å². The van der Waals surface area contributed by atoms with Gasteiger partial charge in [0, 0.05) is 24.6 Å². The quantitative estimate of drug-likeness (QED) is 0.804. The van der Waals surface area contributed by atoms with Crippen molar-refractivity contribution in [2.45, 2.75) is 17.7 Å². The van der Waals surface area contributed by atoms with Crippen LogP contribution in [-0.2, 0) is 0 Å². The molecule has 18 heavy (non-hydrogen) atoms. The fraction of sp³-hybridized carbons (Fsp3) is 0.462. The highest BCUT2D eigenvalue weighted by molar-refractivity contribution is 9.09. The molecule has 0 atom stereocenters. The number of hydrogen-bond donors (Lipinski definition) is 0. The number of rotatable bonds is 3. The highest BCUT2D eigenvalue weighted by Gasteiger charge is 2.29. The minimum atomic E-state index is -0.0856. The van der Waals surface area contributed by atoms with Crippen LogP contribution in [0.15, 0.2) is 18.3 Å². The van der Waals surface area contributed by atoms with Gasteiger partial charge in [-0.05, 0) is 30.9 Å². The number of nitriles is 1. The summed E-state index contributed by atoms with van der Waals surface area (Å²) in [4.78, 5) is 18.4. The lowest BCUT2D eigenvalue weighted by atomic mass is 9.85. The van der Waals surface area contributed by atoms with Crippen molar-refractivity contribution < 1.29 is 4.79 Å². The zero-order chi connectivity index (χ0) is 13.1. The first-order chi connectivity index (χ1) is 8.60. The van der Waals surface area contributed by atoms with E-state index in [9.17, 15) is 4.79 Å². The Hall–Kier alpha value is -1.41. The molecule has 0 radical (unpaired) electrons. The van der Waals surface area contributed by atoms with E-state index < -0.39 is 0 Å². The number of carbonyl (C=O) groups excluding carboxylic acids is 1. The number of halogens is 1. The number of carbonyl (C=O) groups is 1. The van der Waals surface area contributed by atoms with Crippen molar-refractivity contribution in [3.8, 4) is 6.07 Å². The van der Waals surface area contributed by atoms with Gasteiger partial charge in [0.2, 0.25) is 0 Å². The second kappa shape index (κ2) is 5.49. The average molecular weight is 308 g/mol. The van der Waals surface area contributed by atoms with Crippen molar-refractivity contribution in [2.24, 2.45) is 5.92 Å². The van der Waals surface area contributed by atoms with Gasteiger partial charge in [-0.3, -0.25) is 4.79 Å². The van der Waals surface area contributed by atoms with Crippen molar-refractivity contribution in [3.63, 3.8) is 0 Å². The largest absolute Gasteiger partial charge is 0.340 e. The molecule has 1 aromatic rings. The van der Waals surface area contributed by atoms with Crippen LogP contribution in [0.4, 0.5) is 0 Å². The first-order valence-electron chi connectivity index (χ1n) is 5.86. The molecule has 0 N–H and O–H groups in total. The van der Waals surface area contributed by atoms with E-state index in [1.54, 1.807) is 24.1 Å². The van der Waals surface area contributed by atoms with E-state index in [0.717, 1.165) is 19.4 Å². The van der Waals surface area contributed by atoms with Crippen LogP contribution in [-0.4, -0.2) is 34.2 Å². The first-order valence-corrected chi connectivity index (χ1v) is 6.77. The summed E-state index contributed by atoms with van der Waals surface area (Å²) in [6.07, 6.45) is 3.68. The maximum absolute atomic E-state index is 12.1. The molecule has 1 aliphatic carbocycles. The number of alkyl halides is 1. The monoisotopic (exact) mass is 307 g/mol. The fourth-order valence-electron chi connectivity index (χ4n) is 2.06. The van der Waals surface area contributed by atoms with E-state index in [0.29, 0.717) is 22.0 Å². The van der Waals surface area contributed by atoms with Crippen molar-refractivity contribution in [1.29, 1.82) is 5.26 Å². The summed E-state index contributed by atoms with van der Waals surface area (Å²) >= 11 is 3.54. The zero-order valence-electron chi connectivity index (χ0n) is 10.1. The average Bonchev–Trinajstić information content (AvgIpc) is 2.36. The van der Waals surface area contributed by atoms with Crippen LogP contribution < -0.4 is 0 Å². The summed E-state index contributed by atoms with van der Waals surface area (Å²) in [5.74, 6) is 0.499. The smallest absolute Gasteiger partial charge is 0.272 e. The van der Waals surface area contributed by atoms with E-state index in [-0.39, 0.29) is 5.91 Å². The third-order valence-corrected chi connectivity index (χ3v) is 3.92. The lowest BCUT2D eigenvalue weighted by Crippen LogP contribution is -2.38. The molecule has 1 aromatic heterocycles. The molecule has 0 bridgehead atoms. The molecule has 1 saturated carbocycles. The number of amides is 1. The predicted octanol–water partition coefficient (Wildman–Crippen LogP) is 2.20. The molecule has 5 heteroatoms. The van der Waals surface area contributed by atoms with Crippen LogP contribution in [0.3, 0.4) is 0 Å². The molecule has 0 saturated heterocycles. The lowest BCUT2D eigenvalue weighted by molar-refractivity contribution is 0.0743. The van der Waals surface area contributed by atoms with Gasteiger partial charge in [0.25, 0.3) is 5.91 Å². The van der Waals surface area contributed by atoms with E-state index in [1.165, 1.54) is 6.20 Å². The molecule has 0 unspecified atom stereocenters. The van der Waals surface area contributed by atoms with Gasteiger partial charge in [0.05, 0.1) is 5.56 Å². The molecule has 2 rings (SSSR count). The molecule has 94 valence electrons. The Morgan fingerprint density at radius 3 is 2.83 bits per heavy atom. The Balaban J connectivity index is 1.95. The van der Waals surface area contributed by atoms with Gasteiger partial charge in [-0.1, -0.05) is 15.9 Å². The summed E-state index contributed by atoms with van der Waals surface area (Å²) in [6, 6.07) is 5.20. The molecule has 0 aromatic carbocycles. The highest BCUT2D eigenvalue weighted by Crippen LogP contribution is 2.33. The van der Waals surface area contributed by atoms with E-state index in [1.807, 2.05) is 6.07 Å². The summed E-state index contributed by atoms with van der Waals surface area (Å²) in [5.41, 5.74) is 0.863. The predicted molar refractivity (Wildman–Crippen MR) is 71.4 cm³/mol. The maximum atomic E-state index is 12.1. The molecule has 0 spiro atoms. The summed E-state index contributed by atoms with van der Waals surface area (Å²) in [5, 5.41) is 8.67. The van der Waals surface area contributed by atoms with Gasteiger partial charge in [-0.15, -0.1) is 0 Å². The number of aromatic nitrogens is 1. The molecular formula is C13H14BrN3O. The fourth-order valence-corrected chi connectivity index (χ4v) is 3.11. The number of nitrogens with zero attached hydrogens (tertiary/aromatic N) is 3. The van der Waals surface area contributed by atoms with Crippen LogP contribution in [0.1, 0.15) is 28.9 Å². The molecule has 1 aliphatic rings. The SMILES string of the molecule is CN(CC1CC(Br)C1)C(=O)c1ccc(C#N)cn1. The van der Waals surface area contributed by atoms with Crippen LogP contribution in [0.2, 0.25) is 0 Å². The Labute approximate surface area is 115 Å². The van der Waals surface area contributed by atoms with Crippen molar-refractivity contribution in [2.75, 3.05) is 13.6 Å². The van der Waals surface area contributed by atoms with Gasteiger partial charge in [-0.2, -0.15) is 5.26 Å². The topological polar surface area (TPSA) is 57.0 Å². The van der Waals surface area contributed by atoms with Crippen LogP contribution in [0.25, 0.3) is 0 Å². The first kappa shape index (κ1) is 13.0. The molecule has 4 nitrogen and oxygen atoms in total. The summed E-state index contributed by atoms with van der Waals surface area (Å²) in [6.45, 7) is 0.766. The normalized spacial score (nSPS) is 21.8.